The van der Waals surface area contributed by atoms with E-state index in [2.05, 4.69) is 4.98 Å². The first-order valence-electron chi connectivity index (χ1n) is 4.42. The molecular formula is C10H12ClNO2. The summed E-state index contributed by atoms with van der Waals surface area (Å²) in [5, 5.41) is 9.30. The van der Waals surface area contributed by atoms with E-state index >= 15 is 0 Å². The largest absolute Gasteiger partial charge is 0.481 e. The lowest BCUT2D eigenvalue weighted by molar-refractivity contribution is -0.139. The van der Waals surface area contributed by atoms with E-state index < -0.39 is 11.9 Å². The Balaban J connectivity index is 3.15. The number of pyridine rings is 1. The molecule has 1 atom stereocenters. The molecule has 1 rings (SSSR count). The van der Waals surface area contributed by atoms with Crippen molar-refractivity contribution in [2.75, 3.05) is 0 Å². The van der Waals surface area contributed by atoms with E-state index in [1.807, 2.05) is 13.8 Å². The Morgan fingerprint density at radius 3 is 2.79 bits per heavy atom. The third-order valence-electron chi connectivity index (χ3n) is 2.14. The molecule has 0 aromatic carbocycles. The summed E-state index contributed by atoms with van der Waals surface area (Å²) in [4.78, 5) is 15.0. The van der Waals surface area contributed by atoms with Gasteiger partial charge >= 0.3 is 5.97 Å². The maximum absolute atomic E-state index is 10.9. The SMILES string of the molecule is CCC(C(=O)O)c1nc(Cl)ccc1C. The number of carboxylic acid groups (broad SMARTS) is 1. The molecule has 0 aliphatic carbocycles. The minimum Gasteiger partial charge on any atom is -0.481 e. The lowest BCUT2D eigenvalue weighted by Gasteiger charge is -2.11. The molecule has 3 nitrogen and oxygen atoms in total. The second kappa shape index (κ2) is 4.42. The van der Waals surface area contributed by atoms with E-state index in [1.165, 1.54) is 0 Å². The molecular weight excluding hydrogens is 202 g/mol. The predicted octanol–water partition coefficient (Wildman–Crippen LogP) is 2.62. The molecule has 1 aromatic rings. The molecule has 1 unspecified atom stereocenters. The lowest BCUT2D eigenvalue weighted by Crippen LogP contribution is -2.13. The minimum atomic E-state index is -0.856. The number of rotatable bonds is 3. The van der Waals surface area contributed by atoms with Crippen LogP contribution in [0, 0.1) is 6.92 Å². The zero-order valence-corrected chi connectivity index (χ0v) is 8.88. The van der Waals surface area contributed by atoms with Crippen LogP contribution < -0.4 is 0 Å². The van der Waals surface area contributed by atoms with Crippen molar-refractivity contribution in [3.63, 3.8) is 0 Å². The first-order chi connectivity index (χ1) is 6.56. The molecule has 0 fully saturated rings. The van der Waals surface area contributed by atoms with Crippen LogP contribution in [0.15, 0.2) is 12.1 Å². The third-order valence-corrected chi connectivity index (χ3v) is 2.35. The highest BCUT2D eigenvalue weighted by Gasteiger charge is 2.21. The van der Waals surface area contributed by atoms with Crippen LogP contribution in [0.5, 0.6) is 0 Å². The van der Waals surface area contributed by atoms with Crippen molar-refractivity contribution in [3.8, 4) is 0 Å². The van der Waals surface area contributed by atoms with Gasteiger partial charge in [-0.3, -0.25) is 4.79 Å². The van der Waals surface area contributed by atoms with Crippen molar-refractivity contribution in [1.29, 1.82) is 0 Å². The van der Waals surface area contributed by atoms with Crippen molar-refractivity contribution in [1.82, 2.24) is 4.98 Å². The van der Waals surface area contributed by atoms with Crippen molar-refractivity contribution in [3.05, 3.63) is 28.5 Å². The molecule has 76 valence electrons. The lowest BCUT2D eigenvalue weighted by atomic mass is 9.98. The van der Waals surface area contributed by atoms with Crippen LogP contribution in [0.2, 0.25) is 5.15 Å². The number of hydrogen-bond acceptors (Lipinski definition) is 2. The number of carbonyl (C=O) groups is 1. The van der Waals surface area contributed by atoms with Gasteiger partial charge in [-0.2, -0.15) is 0 Å². The molecule has 1 N–H and O–H groups in total. The van der Waals surface area contributed by atoms with Gasteiger partial charge in [0.15, 0.2) is 0 Å². The van der Waals surface area contributed by atoms with Gasteiger partial charge in [-0.1, -0.05) is 24.6 Å². The second-order valence-electron chi connectivity index (χ2n) is 3.14. The van der Waals surface area contributed by atoms with Gasteiger partial charge in [0.2, 0.25) is 0 Å². The number of halogens is 1. The van der Waals surface area contributed by atoms with Crippen LogP contribution >= 0.6 is 11.6 Å². The summed E-state index contributed by atoms with van der Waals surface area (Å²) in [7, 11) is 0. The highest BCUT2D eigenvalue weighted by atomic mass is 35.5. The fourth-order valence-corrected chi connectivity index (χ4v) is 1.51. The Labute approximate surface area is 87.7 Å². The van der Waals surface area contributed by atoms with E-state index in [0.29, 0.717) is 17.3 Å². The molecule has 14 heavy (non-hydrogen) atoms. The van der Waals surface area contributed by atoms with Crippen LogP contribution in [-0.4, -0.2) is 16.1 Å². The molecule has 0 saturated carbocycles. The number of nitrogens with zero attached hydrogens (tertiary/aromatic N) is 1. The van der Waals surface area contributed by atoms with Gasteiger partial charge in [-0.25, -0.2) is 4.98 Å². The van der Waals surface area contributed by atoms with E-state index in [0.717, 1.165) is 5.56 Å². The van der Waals surface area contributed by atoms with Crippen molar-refractivity contribution in [2.24, 2.45) is 0 Å². The van der Waals surface area contributed by atoms with E-state index in [1.54, 1.807) is 12.1 Å². The maximum atomic E-state index is 10.9. The highest BCUT2D eigenvalue weighted by Crippen LogP contribution is 2.22. The van der Waals surface area contributed by atoms with E-state index in [4.69, 9.17) is 16.7 Å². The molecule has 4 heteroatoms. The molecule has 0 saturated heterocycles. The molecule has 0 amide bonds. The van der Waals surface area contributed by atoms with Crippen LogP contribution in [0.1, 0.15) is 30.5 Å². The van der Waals surface area contributed by atoms with Crippen molar-refractivity contribution in [2.45, 2.75) is 26.2 Å². The summed E-state index contributed by atoms with van der Waals surface area (Å²) >= 11 is 5.72. The molecule has 0 aliphatic heterocycles. The Kier molecular flexibility index (Phi) is 3.47. The van der Waals surface area contributed by atoms with Gasteiger partial charge in [0.1, 0.15) is 5.15 Å². The van der Waals surface area contributed by atoms with Crippen LogP contribution in [0.25, 0.3) is 0 Å². The van der Waals surface area contributed by atoms with Crippen LogP contribution in [0.4, 0.5) is 0 Å². The molecule has 0 spiro atoms. The van der Waals surface area contributed by atoms with Gasteiger partial charge in [-0.05, 0) is 25.0 Å². The average molecular weight is 214 g/mol. The normalized spacial score (nSPS) is 12.5. The molecule has 0 radical (unpaired) electrons. The fraction of sp³-hybridized carbons (Fsp3) is 0.400. The Morgan fingerprint density at radius 1 is 1.64 bits per heavy atom. The van der Waals surface area contributed by atoms with Gasteiger partial charge < -0.3 is 5.11 Å². The summed E-state index contributed by atoms with van der Waals surface area (Å²) in [5.41, 5.74) is 1.43. The first kappa shape index (κ1) is 11.0. The molecule has 1 aromatic heterocycles. The van der Waals surface area contributed by atoms with Gasteiger partial charge in [0, 0.05) is 0 Å². The average Bonchev–Trinajstić information content (AvgIpc) is 2.11. The highest BCUT2D eigenvalue weighted by molar-refractivity contribution is 6.29. The summed E-state index contributed by atoms with van der Waals surface area (Å²) in [6, 6.07) is 3.45. The van der Waals surface area contributed by atoms with Gasteiger partial charge in [0.05, 0.1) is 11.6 Å². The summed E-state index contributed by atoms with van der Waals surface area (Å²) in [6.45, 7) is 3.66. The topological polar surface area (TPSA) is 50.2 Å². The van der Waals surface area contributed by atoms with E-state index in [-0.39, 0.29) is 0 Å². The standard InChI is InChI=1S/C10H12ClNO2/c1-3-7(10(13)14)9-6(2)4-5-8(11)12-9/h4-5,7H,3H2,1-2H3,(H,13,14). The predicted molar refractivity (Wildman–Crippen MR) is 54.7 cm³/mol. The smallest absolute Gasteiger partial charge is 0.312 e. The summed E-state index contributed by atoms with van der Waals surface area (Å²) in [6.07, 6.45) is 0.517. The third kappa shape index (κ3) is 2.23. The van der Waals surface area contributed by atoms with Gasteiger partial charge in [0.25, 0.3) is 0 Å². The molecule has 0 aliphatic rings. The zero-order valence-electron chi connectivity index (χ0n) is 8.12. The second-order valence-corrected chi connectivity index (χ2v) is 3.52. The maximum Gasteiger partial charge on any atom is 0.312 e. The monoisotopic (exact) mass is 213 g/mol. The first-order valence-corrected chi connectivity index (χ1v) is 4.80. The Hall–Kier alpha value is -1.09. The number of carboxylic acids is 1. The van der Waals surface area contributed by atoms with Crippen LogP contribution in [0.3, 0.4) is 0 Å². The van der Waals surface area contributed by atoms with E-state index in [9.17, 15) is 4.79 Å². The fourth-order valence-electron chi connectivity index (χ4n) is 1.36. The number of aromatic nitrogens is 1. The Bertz CT molecular complexity index is 352. The molecule has 0 bridgehead atoms. The van der Waals surface area contributed by atoms with Gasteiger partial charge in [-0.15, -0.1) is 0 Å². The number of aliphatic carboxylic acids is 1. The molecule has 1 heterocycles. The van der Waals surface area contributed by atoms with Crippen molar-refractivity contribution < 1.29 is 9.90 Å². The number of hydrogen-bond donors (Lipinski definition) is 1. The van der Waals surface area contributed by atoms with Crippen LogP contribution in [-0.2, 0) is 4.79 Å². The summed E-state index contributed by atoms with van der Waals surface area (Å²) < 4.78 is 0. The Morgan fingerprint density at radius 2 is 2.29 bits per heavy atom. The van der Waals surface area contributed by atoms with Crippen molar-refractivity contribution >= 4 is 17.6 Å². The number of aryl methyl sites for hydroxylation is 1. The summed E-state index contributed by atoms with van der Waals surface area (Å²) in [5.74, 6) is -1.42. The minimum absolute atomic E-state index is 0.338. The zero-order chi connectivity index (χ0) is 10.7. The quantitative estimate of drug-likeness (QED) is 0.786.